The molecule has 0 aliphatic carbocycles. The molecule has 0 radical (unpaired) electrons. The number of nitriles is 1. The Morgan fingerprint density at radius 3 is 2.68 bits per heavy atom. The minimum absolute atomic E-state index is 0.166. The quantitative estimate of drug-likeness (QED) is 0.433. The number of rotatable bonds is 3. The number of aromatic amines is 1. The second-order valence-electron chi connectivity index (χ2n) is 8.37. The number of ether oxygens (including phenoxy) is 1. The van der Waals surface area contributed by atoms with Crippen molar-refractivity contribution in [2.45, 2.75) is 25.4 Å². The van der Waals surface area contributed by atoms with Crippen molar-refractivity contribution in [2.75, 3.05) is 18.0 Å². The van der Waals surface area contributed by atoms with Crippen molar-refractivity contribution in [2.24, 2.45) is 12.8 Å². The number of anilines is 1. The average molecular weight is 500 g/mol. The lowest BCUT2D eigenvalue weighted by Gasteiger charge is -2.38. The van der Waals surface area contributed by atoms with Crippen molar-refractivity contribution in [1.82, 2.24) is 29.9 Å². The molecular formula is C21H19Cl2N9O2. The first-order chi connectivity index (χ1) is 16.2. The van der Waals surface area contributed by atoms with E-state index in [4.69, 9.17) is 33.7 Å². The largest absolute Gasteiger partial charge is 0.443 e. The third-order valence-electron chi connectivity index (χ3n) is 6.14. The van der Waals surface area contributed by atoms with E-state index in [1.54, 1.807) is 11.7 Å². The number of primary amides is 1. The normalized spacial score (nSPS) is 15.6. The number of hydrogen-bond donors (Lipinski definition) is 2. The van der Waals surface area contributed by atoms with E-state index in [-0.39, 0.29) is 10.8 Å². The van der Waals surface area contributed by atoms with Gasteiger partial charge in [-0.25, -0.2) is 9.78 Å². The summed E-state index contributed by atoms with van der Waals surface area (Å²) in [7, 11) is 1.78. The van der Waals surface area contributed by atoms with Gasteiger partial charge >= 0.3 is 6.09 Å². The molecule has 174 valence electrons. The van der Waals surface area contributed by atoms with Crippen LogP contribution in [-0.4, -0.2) is 54.7 Å². The van der Waals surface area contributed by atoms with Gasteiger partial charge in [0.05, 0.1) is 27.0 Å². The molecule has 13 heteroatoms. The number of aromatic nitrogens is 6. The molecule has 1 aliphatic heterocycles. The number of halogens is 2. The Kier molecular flexibility index (Phi) is 5.22. The summed E-state index contributed by atoms with van der Waals surface area (Å²) >= 11 is 13.0. The van der Waals surface area contributed by atoms with E-state index < -0.39 is 11.7 Å². The minimum Gasteiger partial charge on any atom is -0.443 e. The van der Waals surface area contributed by atoms with Crippen LogP contribution in [0.2, 0.25) is 10.2 Å². The van der Waals surface area contributed by atoms with Gasteiger partial charge in [-0.15, -0.1) is 0 Å². The predicted octanol–water partition coefficient (Wildman–Crippen LogP) is 3.54. The number of piperidine rings is 1. The summed E-state index contributed by atoms with van der Waals surface area (Å²) in [4.78, 5) is 22.2. The first-order valence-corrected chi connectivity index (χ1v) is 11.2. The van der Waals surface area contributed by atoms with E-state index in [1.165, 1.54) is 0 Å². The number of nitrogens with zero attached hydrogens (tertiary/aromatic N) is 7. The van der Waals surface area contributed by atoms with Gasteiger partial charge in [-0.2, -0.15) is 20.4 Å². The van der Waals surface area contributed by atoms with Gasteiger partial charge in [0.1, 0.15) is 11.7 Å². The zero-order valence-corrected chi connectivity index (χ0v) is 19.8. The first kappa shape index (κ1) is 22.2. The smallest absolute Gasteiger partial charge is 0.405 e. The van der Waals surface area contributed by atoms with E-state index in [0.717, 1.165) is 5.52 Å². The molecule has 1 aliphatic rings. The zero-order valence-electron chi connectivity index (χ0n) is 18.3. The Balaban J connectivity index is 1.54. The highest BCUT2D eigenvalue weighted by Gasteiger charge is 2.34. The molecule has 0 bridgehead atoms. The Labute approximate surface area is 203 Å². The summed E-state index contributed by atoms with van der Waals surface area (Å²) in [5.74, 6) is 0.375. The minimum atomic E-state index is -0.797. The lowest BCUT2D eigenvalue weighted by atomic mass is 9.93. The van der Waals surface area contributed by atoms with Gasteiger partial charge in [0.2, 0.25) is 5.95 Å². The van der Waals surface area contributed by atoms with E-state index in [9.17, 15) is 10.1 Å². The number of carbonyl (C=O) groups excluding carboxylic acids is 1. The Morgan fingerprint density at radius 2 is 2.00 bits per heavy atom. The highest BCUT2D eigenvalue weighted by atomic mass is 35.5. The van der Waals surface area contributed by atoms with Crippen LogP contribution in [0, 0.1) is 11.3 Å². The number of benzene rings is 1. The standard InChI is InChI=1S/C21H19Cl2N9O2/c1-21(34-19(25)33)5-7-32(8-6-21)20-26-11(9-24)13-16(28-29-18(13)27-20)10-3-4-12-14(15(10)22)17(23)30-31(12)2/h3-4H,5-8H2,1-2H3,(H2,25,33)(H,26,27,28,29). The van der Waals surface area contributed by atoms with Crippen molar-refractivity contribution in [3.8, 4) is 17.3 Å². The molecule has 3 N–H and O–H groups in total. The van der Waals surface area contributed by atoms with Crippen LogP contribution in [0.15, 0.2) is 12.1 Å². The second-order valence-corrected chi connectivity index (χ2v) is 9.11. The van der Waals surface area contributed by atoms with Gasteiger partial charge in [0.15, 0.2) is 16.5 Å². The number of nitrogens with one attached hydrogen (secondary N) is 1. The van der Waals surface area contributed by atoms with Crippen molar-refractivity contribution in [3.05, 3.63) is 28.0 Å². The van der Waals surface area contributed by atoms with Gasteiger partial charge < -0.3 is 15.4 Å². The fraction of sp³-hybridized carbons (Fsp3) is 0.333. The van der Waals surface area contributed by atoms with Gasteiger partial charge in [-0.1, -0.05) is 23.2 Å². The molecule has 0 unspecified atom stereocenters. The number of hydrogen-bond acceptors (Lipinski definition) is 8. The lowest BCUT2D eigenvalue weighted by molar-refractivity contribution is 0.0125. The number of nitrogens with two attached hydrogens (primary N) is 1. The molecule has 1 saturated heterocycles. The molecule has 34 heavy (non-hydrogen) atoms. The van der Waals surface area contributed by atoms with E-state index in [1.807, 2.05) is 24.0 Å². The number of H-pyrrole nitrogens is 1. The second kappa shape index (κ2) is 8.00. The van der Waals surface area contributed by atoms with Crippen LogP contribution in [0.1, 0.15) is 25.5 Å². The first-order valence-electron chi connectivity index (χ1n) is 10.4. The molecule has 4 aromatic rings. The van der Waals surface area contributed by atoms with E-state index >= 15 is 0 Å². The van der Waals surface area contributed by atoms with Crippen LogP contribution in [0.4, 0.5) is 10.7 Å². The van der Waals surface area contributed by atoms with Gasteiger partial charge in [-0.3, -0.25) is 9.78 Å². The zero-order chi connectivity index (χ0) is 24.2. The molecule has 11 nitrogen and oxygen atoms in total. The van der Waals surface area contributed by atoms with Crippen molar-refractivity contribution < 1.29 is 9.53 Å². The van der Waals surface area contributed by atoms with Crippen molar-refractivity contribution >= 4 is 57.2 Å². The molecule has 0 saturated carbocycles. The van der Waals surface area contributed by atoms with Crippen LogP contribution in [0.3, 0.4) is 0 Å². The van der Waals surface area contributed by atoms with Gasteiger partial charge in [-0.05, 0) is 19.1 Å². The fourth-order valence-corrected chi connectivity index (χ4v) is 5.01. The molecular weight excluding hydrogens is 481 g/mol. The summed E-state index contributed by atoms with van der Waals surface area (Å²) in [6.07, 6.45) is 0.299. The third kappa shape index (κ3) is 3.55. The monoisotopic (exact) mass is 499 g/mol. The van der Waals surface area contributed by atoms with Crippen LogP contribution in [-0.2, 0) is 11.8 Å². The Hall–Kier alpha value is -3.62. The number of fused-ring (bicyclic) bond motifs is 2. The fourth-order valence-electron chi connectivity index (χ4n) is 4.32. The van der Waals surface area contributed by atoms with Crippen molar-refractivity contribution in [3.63, 3.8) is 0 Å². The molecule has 3 aromatic heterocycles. The third-order valence-corrected chi connectivity index (χ3v) is 6.80. The summed E-state index contributed by atoms with van der Waals surface area (Å²) < 4.78 is 6.90. The van der Waals surface area contributed by atoms with Crippen LogP contribution >= 0.6 is 23.2 Å². The maximum atomic E-state index is 11.2. The number of carbonyl (C=O) groups is 1. The number of amides is 1. The lowest BCUT2D eigenvalue weighted by Crippen LogP contribution is -2.46. The molecule has 1 amide bonds. The maximum absolute atomic E-state index is 11.2. The van der Waals surface area contributed by atoms with Crippen LogP contribution in [0.25, 0.3) is 33.2 Å². The Morgan fingerprint density at radius 1 is 1.26 bits per heavy atom. The SMILES string of the molecule is Cn1nc(Cl)c2c(Cl)c(-c3[nH]nc4nc(N5CCC(C)(OC(N)=O)CC5)nc(C#N)c34)ccc21. The van der Waals surface area contributed by atoms with E-state index in [0.29, 0.717) is 64.6 Å². The number of aryl methyl sites for hydroxylation is 1. The van der Waals surface area contributed by atoms with Gasteiger partial charge in [0, 0.05) is 38.5 Å². The summed E-state index contributed by atoms with van der Waals surface area (Å²) in [6, 6.07) is 5.81. The maximum Gasteiger partial charge on any atom is 0.405 e. The van der Waals surface area contributed by atoms with E-state index in [2.05, 4.69) is 31.3 Å². The predicted molar refractivity (Wildman–Crippen MR) is 127 cm³/mol. The topological polar surface area (TPSA) is 152 Å². The highest BCUT2D eigenvalue weighted by Crippen LogP contribution is 2.40. The molecule has 1 aromatic carbocycles. The van der Waals surface area contributed by atoms with Crippen molar-refractivity contribution in [1.29, 1.82) is 5.26 Å². The molecule has 0 atom stereocenters. The summed E-state index contributed by atoms with van der Waals surface area (Å²) in [5, 5.41) is 23.1. The summed E-state index contributed by atoms with van der Waals surface area (Å²) in [6.45, 7) is 2.90. The molecule has 0 spiro atoms. The van der Waals surface area contributed by atoms with Gasteiger partial charge in [0.25, 0.3) is 0 Å². The molecule has 1 fully saturated rings. The summed E-state index contributed by atoms with van der Waals surface area (Å²) in [5.41, 5.74) is 6.95. The molecule has 4 heterocycles. The highest BCUT2D eigenvalue weighted by molar-refractivity contribution is 6.43. The van der Waals surface area contributed by atoms with Crippen LogP contribution in [0.5, 0.6) is 0 Å². The molecule has 5 rings (SSSR count). The Bertz CT molecular complexity index is 1500. The average Bonchev–Trinajstić information content (AvgIpc) is 3.34. The van der Waals surface area contributed by atoms with Crippen LogP contribution < -0.4 is 10.6 Å².